The number of nitrogens with zero attached hydrogens (tertiary/aromatic N) is 1. The Kier molecular flexibility index (Phi) is 5.57. The number of carbonyl (C=O) groups excluding carboxylic acids is 2. The maximum Gasteiger partial charge on any atom is 0.437 e. The minimum absolute atomic E-state index is 0.0881. The van der Waals surface area contributed by atoms with E-state index in [9.17, 15) is 41.0 Å². The van der Waals surface area contributed by atoms with E-state index in [4.69, 9.17) is 0 Å². The van der Waals surface area contributed by atoms with E-state index in [1.165, 1.54) is 6.92 Å². The predicted molar refractivity (Wildman–Crippen MR) is 81.6 cm³/mol. The molecule has 1 aromatic carbocycles. The van der Waals surface area contributed by atoms with E-state index in [0.717, 1.165) is 12.1 Å². The lowest BCUT2D eigenvalue weighted by Gasteiger charge is -2.49. The van der Waals surface area contributed by atoms with Crippen LogP contribution < -0.4 is 5.32 Å². The zero-order valence-corrected chi connectivity index (χ0v) is 14.6. The largest absolute Gasteiger partial charge is 0.466 e. The van der Waals surface area contributed by atoms with Crippen LogP contribution in [0.3, 0.4) is 0 Å². The summed E-state index contributed by atoms with van der Waals surface area (Å²) in [5.41, 5.74) is -5.25. The number of rotatable bonds is 3. The van der Waals surface area contributed by atoms with Gasteiger partial charge in [-0.2, -0.15) is 26.3 Å². The lowest BCUT2D eigenvalue weighted by Crippen LogP contribution is -2.73. The highest BCUT2D eigenvalue weighted by Gasteiger charge is 2.69. The highest BCUT2D eigenvalue weighted by Crippen LogP contribution is 2.47. The Labute approximate surface area is 155 Å². The van der Waals surface area contributed by atoms with Gasteiger partial charge >= 0.3 is 24.4 Å². The van der Waals surface area contributed by atoms with Crippen molar-refractivity contribution in [2.24, 2.45) is 5.92 Å². The molecule has 0 unspecified atom stereocenters. The van der Waals surface area contributed by atoms with Crippen LogP contribution in [0.2, 0.25) is 0 Å². The molecular weight excluding hydrogens is 398 g/mol. The Hall–Kier alpha value is -2.50. The molecule has 0 aliphatic carbocycles. The smallest absolute Gasteiger partial charge is 0.437 e. The molecule has 0 bridgehead atoms. The van der Waals surface area contributed by atoms with E-state index in [1.54, 1.807) is 0 Å². The lowest BCUT2D eigenvalue weighted by atomic mass is 9.81. The van der Waals surface area contributed by atoms with E-state index in [1.807, 2.05) is 0 Å². The van der Waals surface area contributed by atoms with E-state index >= 15 is 0 Å². The first-order valence-electron chi connectivity index (χ1n) is 7.92. The van der Waals surface area contributed by atoms with Crippen molar-refractivity contribution < 1.29 is 45.8 Å². The van der Waals surface area contributed by atoms with Gasteiger partial charge in [-0.05, 0) is 24.6 Å². The minimum Gasteiger partial charge on any atom is -0.466 e. The lowest BCUT2D eigenvalue weighted by molar-refractivity contribution is -0.328. The van der Waals surface area contributed by atoms with Gasteiger partial charge in [-0.3, -0.25) is 9.69 Å². The van der Waals surface area contributed by atoms with Crippen molar-refractivity contribution in [3.63, 3.8) is 0 Å². The minimum atomic E-state index is -5.46. The van der Waals surface area contributed by atoms with E-state index in [-0.39, 0.29) is 17.1 Å². The van der Waals surface area contributed by atoms with Gasteiger partial charge in [-0.25, -0.2) is 4.79 Å². The van der Waals surface area contributed by atoms with E-state index in [0.29, 0.717) is 19.2 Å². The average molecular weight is 414 g/mol. The molecule has 1 saturated heterocycles. The summed E-state index contributed by atoms with van der Waals surface area (Å²) in [6, 6.07) is -0.324. The molecule has 3 atom stereocenters. The number of aliphatic hydroxyl groups is 1. The van der Waals surface area contributed by atoms with Crippen molar-refractivity contribution in [2.75, 3.05) is 13.7 Å². The van der Waals surface area contributed by atoms with Crippen LogP contribution in [0.5, 0.6) is 0 Å². The second kappa shape index (κ2) is 7.15. The summed E-state index contributed by atoms with van der Waals surface area (Å²) in [6.45, 7) is 1.00. The molecule has 0 radical (unpaired) electrons. The summed E-state index contributed by atoms with van der Waals surface area (Å²) >= 11 is 0. The Morgan fingerprint density at radius 3 is 2.18 bits per heavy atom. The summed E-state index contributed by atoms with van der Waals surface area (Å²) in [6.07, 6.45) is -10.1. The van der Waals surface area contributed by atoms with Crippen LogP contribution in [0.25, 0.3) is 0 Å². The molecule has 12 heteroatoms. The van der Waals surface area contributed by atoms with Crippen molar-refractivity contribution in [3.05, 3.63) is 35.4 Å². The topological polar surface area (TPSA) is 78.9 Å². The van der Waals surface area contributed by atoms with E-state index < -0.39 is 47.6 Å². The highest BCUT2D eigenvalue weighted by atomic mass is 19.4. The molecule has 1 aromatic rings. The number of benzene rings is 1. The number of urea groups is 1. The molecule has 0 aromatic heterocycles. The Morgan fingerprint density at radius 2 is 1.75 bits per heavy atom. The molecule has 1 aliphatic rings. The summed E-state index contributed by atoms with van der Waals surface area (Å²) in [5, 5.41) is 12.5. The zero-order valence-electron chi connectivity index (χ0n) is 14.6. The number of halogens is 6. The number of hydrogen-bond donors (Lipinski definition) is 2. The van der Waals surface area contributed by atoms with Gasteiger partial charge in [-0.15, -0.1) is 0 Å². The third-order valence-corrected chi connectivity index (χ3v) is 4.42. The summed E-state index contributed by atoms with van der Waals surface area (Å²) in [7, 11) is 0.637. The number of nitrogens with one attached hydrogen (secondary N) is 1. The quantitative estimate of drug-likeness (QED) is 0.589. The van der Waals surface area contributed by atoms with Crippen molar-refractivity contribution in [3.8, 4) is 0 Å². The van der Waals surface area contributed by atoms with Gasteiger partial charge < -0.3 is 15.2 Å². The van der Waals surface area contributed by atoms with Gasteiger partial charge in [0.1, 0.15) is 5.92 Å². The SMILES string of the molecule is CCOC(=O)[C@@H]1[C@H](c2ccc(C(F)(F)F)cc2)NC(=O)N(C)[C@@]1(O)C(F)(F)F. The molecular formula is C16H16F6N2O4. The van der Waals surface area contributed by atoms with Gasteiger partial charge in [0.2, 0.25) is 0 Å². The maximum absolute atomic E-state index is 13.7. The van der Waals surface area contributed by atoms with Crippen molar-refractivity contribution >= 4 is 12.0 Å². The van der Waals surface area contributed by atoms with Crippen molar-refractivity contribution in [1.82, 2.24) is 10.2 Å². The molecule has 0 spiro atoms. The monoisotopic (exact) mass is 414 g/mol. The van der Waals surface area contributed by atoms with Crippen LogP contribution >= 0.6 is 0 Å². The molecule has 2 N–H and O–H groups in total. The summed E-state index contributed by atoms with van der Waals surface area (Å²) in [5.74, 6) is -3.86. The van der Waals surface area contributed by atoms with Gasteiger partial charge in [0.05, 0.1) is 18.2 Å². The molecule has 28 heavy (non-hydrogen) atoms. The zero-order chi connectivity index (χ0) is 21.5. The molecule has 1 fully saturated rings. The molecule has 1 heterocycles. The van der Waals surface area contributed by atoms with Crippen molar-refractivity contribution in [1.29, 1.82) is 0 Å². The van der Waals surface area contributed by atoms with Crippen LogP contribution in [0, 0.1) is 5.92 Å². The Morgan fingerprint density at radius 1 is 1.21 bits per heavy atom. The first-order chi connectivity index (χ1) is 12.7. The predicted octanol–water partition coefficient (Wildman–Crippen LogP) is 2.83. The summed E-state index contributed by atoms with van der Waals surface area (Å²) < 4.78 is 83.8. The fraction of sp³-hybridized carbons (Fsp3) is 0.500. The van der Waals surface area contributed by atoms with Gasteiger partial charge in [0, 0.05) is 7.05 Å². The molecule has 1 aliphatic heterocycles. The Bertz CT molecular complexity index is 749. The van der Waals surface area contributed by atoms with Crippen LogP contribution in [-0.2, 0) is 15.7 Å². The third kappa shape index (κ3) is 3.60. The number of ether oxygens (including phenoxy) is 1. The third-order valence-electron chi connectivity index (χ3n) is 4.42. The van der Waals surface area contributed by atoms with Gasteiger partial charge in [0.15, 0.2) is 0 Å². The van der Waals surface area contributed by atoms with Crippen LogP contribution in [-0.4, -0.2) is 47.6 Å². The standard InChI is InChI=1S/C16H16F6N2O4/c1-3-28-12(25)10-11(8-4-6-9(7-5-8)15(17,18)19)23-13(26)24(2)14(10,27)16(20,21)22/h4-7,10-11,27H,3H2,1-2H3,(H,23,26)/t10-,11-,14-/m0/s1. The highest BCUT2D eigenvalue weighted by molar-refractivity contribution is 5.83. The number of esters is 1. The second-order valence-corrected chi connectivity index (χ2v) is 6.06. The van der Waals surface area contributed by atoms with Crippen molar-refractivity contribution in [2.45, 2.75) is 31.0 Å². The number of amides is 2. The number of carbonyl (C=O) groups is 2. The van der Waals surface area contributed by atoms with Crippen LogP contribution in [0.15, 0.2) is 24.3 Å². The van der Waals surface area contributed by atoms with Crippen LogP contribution in [0.4, 0.5) is 31.1 Å². The fourth-order valence-electron chi connectivity index (χ4n) is 2.96. The van der Waals surface area contributed by atoms with Gasteiger partial charge in [-0.1, -0.05) is 12.1 Å². The van der Waals surface area contributed by atoms with E-state index in [2.05, 4.69) is 10.1 Å². The molecule has 0 saturated carbocycles. The Balaban J connectivity index is 2.60. The fourth-order valence-corrected chi connectivity index (χ4v) is 2.96. The summed E-state index contributed by atoms with van der Waals surface area (Å²) in [4.78, 5) is 24.2. The van der Waals surface area contributed by atoms with Crippen LogP contribution in [0.1, 0.15) is 24.1 Å². The first kappa shape index (κ1) is 21.8. The maximum atomic E-state index is 13.7. The number of hydrogen-bond acceptors (Lipinski definition) is 4. The number of alkyl halides is 6. The van der Waals surface area contributed by atoms with Gasteiger partial charge in [0.25, 0.3) is 5.72 Å². The molecule has 2 rings (SSSR count). The normalized spacial score (nSPS) is 26.0. The molecule has 156 valence electrons. The second-order valence-electron chi connectivity index (χ2n) is 6.06. The average Bonchev–Trinajstić information content (AvgIpc) is 2.57. The first-order valence-corrected chi connectivity index (χ1v) is 7.92. The molecule has 6 nitrogen and oxygen atoms in total. The molecule has 2 amide bonds.